The summed E-state index contributed by atoms with van der Waals surface area (Å²) in [5, 5.41) is 3.91. The maximum Gasteiger partial charge on any atom is 0.134 e. The van der Waals surface area contributed by atoms with Crippen LogP contribution in [0.5, 0.6) is 5.75 Å². The minimum absolute atomic E-state index is 0.00316. The van der Waals surface area contributed by atoms with Crippen LogP contribution < -0.4 is 10.1 Å². The summed E-state index contributed by atoms with van der Waals surface area (Å²) in [6.07, 6.45) is 0.00316. The largest absolute Gasteiger partial charge is 0.487 e. The Balaban J connectivity index is 2.52. The molecule has 0 aliphatic rings. The van der Waals surface area contributed by atoms with Gasteiger partial charge < -0.3 is 14.8 Å². The lowest BCUT2D eigenvalue weighted by atomic mass is 10.3. The van der Waals surface area contributed by atoms with Crippen LogP contribution in [0.2, 0.25) is 5.02 Å². The Morgan fingerprint density at radius 2 is 2.25 bits per heavy atom. The van der Waals surface area contributed by atoms with Crippen molar-refractivity contribution >= 4 is 11.6 Å². The summed E-state index contributed by atoms with van der Waals surface area (Å²) < 4.78 is 10.9. The highest BCUT2D eigenvalue weighted by molar-refractivity contribution is 6.30. The lowest BCUT2D eigenvalue weighted by Crippen LogP contribution is -2.34. The standard InChI is InChI=1S/C12H18ClNO2/c1-3-14-8-12(9-15-2)16-11-6-4-5-10(13)7-11/h4-7,12,14H,3,8-9H2,1-2H3. The number of hydrogen-bond donors (Lipinski definition) is 1. The molecule has 4 heteroatoms. The number of nitrogens with one attached hydrogen (secondary N) is 1. The number of benzene rings is 1. The fourth-order valence-electron chi connectivity index (χ4n) is 1.36. The van der Waals surface area contributed by atoms with Crippen LogP contribution >= 0.6 is 11.6 Å². The Morgan fingerprint density at radius 1 is 1.44 bits per heavy atom. The number of halogens is 1. The molecule has 0 saturated heterocycles. The molecule has 16 heavy (non-hydrogen) atoms. The van der Waals surface area contributed by atoms with Crippen molar-refractivity contribution in [3.8, 4) is 5.75 Å². The van der Waals surface area contributed by atoms with Gasteiger partial charge in [0.2, 0.25) is 0 Å². The zero-order chi connectivity index (χ0) is 11.8. The zero-order valence-corrected chi connectivity index (χ0v) is 10.5. The van der Waals surface area contributed by atoms with Gasteiger partial charge in [-0.2, -0.15) is 0 Å². The molecule has 90 valence electrons. The van der Waals surface area contributed by atoms with Gasteiger partial charge in [0.1, 0.15) is 11.9 Å². The average molecular weight is 244 g/mol. The van der Waals surface area contributed by atoms with Crippen LogP contribution in [0.1, 0.15) is 6.92 Å². The molecule has 0 bridgehead atoms. The van der Waals surface area contributed by atoms with Crippen LogP contribution in [0.3, 0.4) is 0 Å². The van der Waals surface area contributed by atoms with Crippen molar-refractivity contribution < 1.29 is 9.47 Å². The van der Waals surface area contributed by atoms with E-state index in [0.29, 0.717) is 11.6 Å². The van der Waals surface area contributed by atoms with Crippen LogP contribution in [-0.4, -0.2) is 32.9 Å². The summed E-state index contributed by atoms with van der Waals surface area (Å²) in [6.45, 7) is 4.29. The molecule has 0 aliphatic carbocycles. The highest BCUT2D eigenvalue weighted by Crippen LogP contribution is 2.18. The molecule has 1 aromatic carbocycles. The van der Waals surface area contributed by atoms with Crippen LogP contribution in [-0.2, 0) is 4.74 Å². The summed E-state index contributed by atoms with van der Waals surface area (Å²) in [6, 6.07) is 7.38. The Labute approximate surface area is 102 Å². The first-order chi connectivity index (χ1) is 7.76. The van der Waals surface area contributed by atoms with E-state index in [4.69, 9.17) is 21.1 Å². The van der Waals surface area contributed by atoms with E-state index < -0.39 is 0 Å². The molecule has 3 nitrogen and oxygen atoms in total. The molecule has 0 saturated carbocycles. The van der Waals surface area contributed by atoms with Crippen molar-refractivity contribution in [3.63, 3.8) is 0 Å². The third-order valence-electron chi connectivity index (χ3n) is 2.07. The van der Waals surface area contributed by atoms with Gasteiger partial charge in [0.25, 0.3) is 0 Å². The number of hydrogen-bond acceptors (Lipinski definition) is 3. The SMILES string of the molecule is CCNCC(COC)Oc1cccc(Cl)c1. The van der Waals surface area contributed by atoms with Crippen molar-refractivity contribution in [1.29, 1.82) is 0 Å². The van der Waals surface area contributed by atoms with Gasteiger partial charge in [-0.05, 0) is 24.7 Å². The van der Waals surface area contributed by atoms with E-state index in [2.05, 4.69) is 12.2 Å². The topological polar surface area (TPSA) is 30.5 Å². The minimum Gasteiger partial charge on any atom is -0.487 e. The van der Waals surface area contributed by atoms with Crippen LogP contribution in [0.4, 0.5) is 0 Å². The number of likely N-dealkylation sites (N-methyl/N-ethyl adjacent to an activating group) is 1. The molecule has 0 heterocycles. The zero-order valence-electron chi connectivity index (χ0n) is 9.70. The monoisotopic (exact) mass is 243 g/mol. The van der Waals surface area contributed by atoms with Crippen molar-refractivity contribution in [3.05, 3.63) is 29.3 Å². The highest BCUT2D eigenvalue weighted by atomic mass is 35.5. The molecular formula is C12H18ClNO2. The first kappa shape index (κ1) is 13.3. The summed E-state index contributed by atoms with van der Waals surface area (Å²) in [7, 11) is 1.67. The Bertz CT molecular complexity index is 307. The van der Waals surface area contributed by atoms with E-state index in [9.17, 15) is 0 Å². The molecule has 0 aromatic heterocycles. The van der Waals surface area contributed by atoms with E-state index >= 15 is 0 Å². The number of ether oxygens (including phenoxy) is 2. The molecule has 1 N–H and O–H groups in total. The Hall–Kier alpha value is -0.770. The van der Waals surface area contributed by atoms with Gasteiger partial charge in [0.15, 0.2) is 0 Å². The molecular weight excluding hydrogens is 226 g/mol. The summed E-state index contributed by atoms with van der Waals surface area (Å²) in [5.74, 6) is 0.771. The number of methoxy groups -OCH3 is 1. The Kier molecular flexibility index (Phi) is 6.23. The van der Waals surface area contributed by atoms with E-state index in [-0.39, 0.29) is 6.10 Å². The van der Waals surface area contributed by atoms with Gasteiger partial charge in [-0.15, -0.1) is 0 Å². The lowest BCUT2D eigenvalue weighted by Gasteiger charge is -2.18. The maximum absolute atomic E-state index is 5.88. The van der Waals surface area contributed by atoms with E-state index in [0.717, 1.165) is 18.8 Å². The van der Waals surface area contributed by atoms with Crippen LogP contribution in [0.25, 0.3) is 0 Å². The van der Waals surface area contributed by atoms with Gasteiger partial charge in [0.05, 0.1) is 6.61 Å². The van der Waals surface area contributed by atoms with E-state index in [1.165, 1.54) is 0 Å². The van der Waals surface area contributed by atoms with Crippen LogP contribution in [0, 0.1) is 0 Å². The highest BCUT2D eigenvalue weighted by Gasteiger charge is 2.09. The van der Waals surface area contributed by atoms with Gasteiger partial charge in [-0.1, -0.05) is 24.6 Å². The second-order valence-electron chi connectivity index (χ2n) is 3.46. The third kappa shape index (κ3) is 4.84. The first-order valence-electron chi connectivity index (χ1n) is 5.38. The van der Waals surface area contributed by atoms with Gasteiger partial charge in [-0.3, -0.25) is 0 Å². The van der Waals surface area contributed by atoms with Crippen molar-refractivity contribution in [2.75, 3.05) is 26.8 Å². The minimum atomic E-state index is 0.00316. The fourth-order valence-corrected chi connectivity index (χ4v) is 1.54. The van der Waals surface area contributed by atoms with Crippen LogP contribution in [0.15, 0.2) is 24.3 Å². The quantitative estimate of drug-likeness (QED) is 0.798. The molecule has 0 spiro atoms. The van der Waals surface area contributed by atoms with E-state index in [1.807, 2.05) is 18.2 Å². The molecule has 0 radical (unpaired) electrons. The van der Waals surface area contributed by atoms with Crippen molar-refractivity contribution in [1.82, 2.24) is 5.32 Å². The smallest absolute Gasteiger partial charge is 0.134 e. The van der Waals surface area contributed by atoms with Gasteiger partial charge in [-0.25, -0.2) is 0 Å². The molecule has 1 rings (SSSR count). The second-order valence-corrected chi connectivity index (χ2v) is 3.90. The molecule has 0 amide bonds. The number of rotatable bonds is 7. The van der Waals surface area contributed by atoms with Crippen molar-refractivity contribution in [2.24, 2.45) is 0 Å². The molecule has 1 atom stereocenters. The summed E-state index contributed by atoms with van der Waals surface area (Å²) >= 11 is 5.88. The fraction of sp³-hybridized carbons (Fsp3) is 0.500. The normalized spacial score (nSPS) is 12.4. The lowest BCUT2D eigenvalue weighted by molar-refractivity contribution is 0.0810. The first-order valence-corrected chi connectivity index (χ1v) is 5.76. The summed E-state index contributed by atoms with van der Waals surface area (Å²) in [4.78, 5) is 0. The molecule has 0 aliphatic heterocycles. The third-order valence-corrected chi connectivity index (χ3v) is 2.31. The van der Waals surface area contributed by atoms with Gasteiger partial charge >= 0.3 is 0 Å². The summed E-state index contributed by atoms with van der Waals surface area (Å²) in [5.41, 5.74) is 0. The second kappa shape index (κ2) is 7.49. The molecule has 1 unspecified atom stereocenters. The van der Waals surface area contributed by atoms with E-state index in [1.54, 1.807) is 13.2 Å². The predicted molar refractivity (Wildman–Crippen MR) is 66.3 cm³/mol. The Morgan fingerprint density at radius 3 is 2.88 bits per heavy atom. The molecule has 0 fully saturated rings. The average Bonchev–Trinajstić information content (AvgIpc) is 2.26. The molecule has 1 aromatic rings. The van der Waals surface area contributed by atoms with Gasteiger partial charge in [0, 0.05) is 18.7 Å². The predicted octanol–water partition coefficient (Wildman–Crippen LogP) is 2.34. The van der Waals surface area contributed by atoms with Crippen molar-refractivity contribution in [2.45, 2.75) is 13.0 Å². The maximum atomic E-state index is 5.88.